The minimum atomic E-state index is -0.503. The highest BCUT2D eigenvalue weighted by atomic mass is 32.1. The number of piperazine rings is 1. The third-order valence-corrected chi connectivity index (χ3v) is 4.95. The Kier molecular flexibility index (Phi) is 4.46. The summed E-state index contributed by atoms with van der Waals surface area (Å²) in [5.41, 5.74) is -0.937. The van der Waals surface area contributed by atoms with Crippen LogP contribution < -0.4 is 10.6 Å². The average Bonchev–Trinajstić information content (AvgIpc) is 2.94. The van der Waals surface area contributed by atoms with Crippen LogP contribution in [0.1, 0.15) is 32.7 Å². The Morgan fingerprint density at radius 2 is 2.00 bits per heavy atom. The molecule has 0 bridgehead atoms. The molecule has 0 atom stereocenters. The number of thiazole rings is 1. The number of rotatable bonds is 4. The number of carbonyl (C=O) groups is 1. The molecule has 2 rings (SSSR count). The van der Waals surface area contributed by atoms with E-state index in [1.165, 1.54) is 0 Å². The molecule has 1 saturated heterocycles. The fourth-order valence-corrected chi connectivity index (χ4v) is 3.11. The Morgan fingerprint density at radius 3 is 2.55 bits per heavy atom. The molecule has 0 radical (unpaired) electrons. The van der Waals surface area contributed by atoms with Gasteiger partial charge in [-0.15, -0.1) is 11.3 Å². The van der Waals surface area contributed by atoms with Crippen LogP contribution in [0.3, 0.4) is 0 Å². The van der Waals surface area contributed by atoms with Crippen molar-refractivity contribution in [3.63, 3.8) is 0 Å². The Labute approximate surface area is 124 Å². The zero-order valence-corrected chi connectivity index (χ0v) is 13.5. The first-order valence-corrected chi connectivity index (χ1v) is 7.90. The summed E-state index contributed by atoms with van der Waals surface area (Å²) in [6.07, 6.45) is 1.77. The average molecular weight is 296 g/mol. The molecule has 2 N–H and O–H groups in total. The monoisotopic (exact) mass is 296 g/mol. The first kappa shape index (κ1) is 15.4. The van der Waals surface area contributed by atoms with Gasteiger partial charge in [0.25, 0.3) is 0 Å². The van der Waals surface area contributed by atoms with E-state index in [-0.39, 0.29) is 5.91 Å². The summed E-state index contributed by atoms with van der Waals surface area (Å²) in [6.45, 7) is 11.7. The minimum absolute atomic E-state index is 0.0552. The van der Waals surface area contributed by atoms with Crippen molar-refractivity contribution in [2.75, 3.05) is 26.2 Å². The van der Waals surface area contributed by atoms with Gasteiger partial charge in [-0.25, -0.2) is 4.98 Å². The van der Waals surface area contributed by atoms with Crippen molar-refractivity contribution in [1.29, 1.82) is 0 Å². The van der Waals surface area contributed by atoms with Crippen LogP contribution in [0.2, 0.25) is 0 Å². The molecule has 2 heterocycles. The second kappa shape index (κ2) is 5.79. The SMILES string of the molecule is CC(C)(NC(=O)C(C)(C)N1CCNCC1)c1nccs1. The maximum absolute atomic E-state index is 12.7. The van der Waals surface area contributed by atoms with Crippen LogP contribution in [0.4, 0.5) is 0 Å². The molecule has 1 amide bonds. The van der Waals surface area contributed by atoms with E-state index in [9.17, 15) is 4.79 Å². The topological polar surface area (TPSA) is 57.3 Å². The highest BCUT2D eigenvalue weighted by Gasteiger charge is 2.38. The maximum atomic E-state index is 12.7. The summed E-state index contributed by atoms with van der Waals surface area (Å²) in [6, 6.07) is 0. The molecule has 1 aliphatic rings. The Bertz CT molecular complexity index is 450. The quantitative estimate of drug-likeness (QED) is 0.876. The largest absolute Gasteiger partial charge is 0.343 e. The van der Waals surface area contributed by atoms with Crippen molar-refractivity contribution in [2.45, 2.75) is 38.8 Å². The van der Waals surface area contributed by atoms with Gasteiger partial charge in [-0.1, -0.05) is 0 Å². The summed E-state index contributed by atoms with van der Waals surface area (Å²) in [7, 11) is 0. The lowest BCUT2D eigenvalue weighted by Gasteiger charge is -2.41. The van der Waals surface area contributed by atoms with Crippen LogP contribution in [0, 0.1) is 0 Å². The van der Waals surface area contributed by atoms with Crippen molar-refractivity contribution in [1.82, 2.24) is 20.5 Å². The molecule has 0 aliphatic carbocycles. The van der Waals surface area contributed by atoms with Crippen molar-refractivity contribution in [3.05, 3.63) is 16.6 Å². The van der Waals surface area contributed by atoms with E-state index in [1.54, 1.807) is 17.5 Å². The Balaban J connectivity index is 2.06. The van der Waals surface area contributed by atoms with Gasteiger partial charge in [0.15, 0.2) is 0 Å². The molecule has 112 valence electrons. The van der Waals surface area contributed by atoms with Crippen molar-refractivity contribution >= 4 is 17.2 Å². The van der Waals surface area contributed by atoms with Gasteiger partial charge >= 0.3 is 0 Å². The van der Waals surface area contributed by atoms with Gasteiger partial charge in [-0.2, -0.15) is 0 Å². The van der Waals surface area contributed by atoms with Crippen molar-refractivity contribution < 1.29 is 4.79 Å². The number of carbonyl (C=O) groups excluding carboxylic acids is 1. The van der Waals surface area contributed by atoms with Gasteiger partial charge in [0.05, 0.1) is 11.1 Å². The number of nitrogens with zero attached hydrogens (tertiary/aromatic N) is 2. The lowest BCUT2D eigenvalue weighted by atomic mass is 9.97. The smallest absolute Gasteiger partial charge is 0.240 e. The fraction of sp³-hybridized carbons (Fsp3) is 0.714. The third kappa shape index (κ3) is 3.19. The zero-order chi connectivity index (χ0) is 14.8. The lowest BCUT2D eigenvalue weighted by Crippen LogP contribution is -2.62. The Morgan fingerprint density at radius 1 is 1.35 bits per heavy atom. The van der Waals surface area contributed by atoms with Crippen LogP contribution in [-0.4, -0.2) is 47.5 Å². The number of nitrogens with one attached hydrogen (secondary N) is 2. The summed E-state index contributed by atoms with van der Waals surface area (Å²) < 4.78 is 0. The number of amides is 1. The number of hydrogen-bond acceptors (Lipinski definition) is 5. The summed E-state index contributed by atoms with van der Waals surface area (Å²) in [5.74, 6) is 0.0552. The van der Waals surface area contributed by atoms with Gasteiger partial charge in [-0.05, 0) is 27.7 Å². The standard InChI is InChI=1S/C14H24N4OS/c1-13(2,12-16-7-10-20-12)17-11(19)14(3,4)18-8-5-15-6-9-18/h7,10,15H,5-6,8-9H2,1-4H3,(H,17,19). The third-order valence-electron chi connectivity index (χ3n) is 3.86. The van der Waals surface area contributed by atoms with E-state index in [0.717, 1.165) is 31.2 Å². The van der Waals surface area contributed by atoms with Gasteiger partial charge in [0, 0.05) is 37.8 Å². The second-order valence-electron chi connectivity index (χ2n) is 6.21. The number of aromatic nitrogens is 1. The summed E-state index contributed by atoms with van der Waals surface area (Å²) in [5, 5.41) is 9.33. The molecule has 1 aromatic rings. The van der Waals surface area contributed by atoms with E-state index in [2.05, 4.69) is 20.5 Å². The molecular weight excluding hydrogens is 272 g/mol. The zero-order valence-electron chi connectivity index (χ0n) is 12.7. The molecule has 0 unspecified atom stereocenters. The fourth-order valence-electron chi connectivity index (χ4n) is 2.39. The minimum Gasteiger partial charge on any atom is -0.343 e. The first-order chi connectivity index (χ1) is 9.34. The van der Waals surface area contributed by atoms with Gasteiger partial charge < -0.3 is 10.6 Å². The first-order valence-electron chi connectivity index (χ1n) is 7.02. The van der Waals surface area contributed by atoms with Crippen LogP contribution in [0.5, 0.6) is 0 Å². The van der Waals surface area contributed by atoms with Crippen LogP contribution >= 0.6 is 11.3 Å². The van der Waals surface area contributed by atoms with E-state index >= 15 is 0 Å². The molecule has 1 aliphatic heterocycles. The predicted molar refractivity (Wildman–Crippen MR) is 81.8 cm³/mol. The van der Waals surface area contributed by atoms with E-state index in [1.807, 2.05) is 33.1 Å². The van der Waals surface area contributed by atoms with Crippen molar-refractivity contribution in [2.24, 2.45) is 0 Å². The molecule has 0 saturated carbocycles. The molecule has 0 aromatic carbocycles. The molecule has 1 aromatic heterocycles. The van der Waals surface area contributed by atoms with E-state index in [0.29, 0.717) is 0 Å². The molecule has 5 nitrogen and oxygen atoms in total. The normalized spacial score (nSPS) is 18.0. The van der Waals surface area contributed by atoms with Crippen LogP contribution in [0.15, 0.2) is 11.6 Å². The maximum Gasteiger partial charge on any atom is 0.240 e. The van der Waals surface area contributed by atoms with Crippen LogP contribution in [-0.2, 0) is 10.3 Å². The molecule has 1 fully saturated rings. The molecule has 20 heavy (non-hydrogen) atoms. The number of hydrogen-bond donors (Lipinski definition) is 2. The highest BCUT2D eigenvalue weighted by Crippen LogP contribution is 2.24. The lowest BCUT2D eigenvalue weighted by molar-refractivity contribution is -0.134. The molecular formula is C14H24N4OS. The van der Waals surface area contributed by atoms with Crippen LogP contribution in [0.25, 0.3) is 0 Å². The predicted octanol–water partition coefficient (Wildman–Crippen LogP) is 1.18. The van der Waals surface area contributed by atoms with E-state index in [4.69, 9.17) is 0 Å². The highest BCUT2D eigenvalue weighted by molar-refractivity contribution is 7.09. The van der Waals surface area contributed by atoms with Gasteiger partial charge in [0.2, 0.25) is 5.91 Å². The Hall–Kier alpha value is -0.980. The molecule has 0 spiro atoms. The molecule has 6 heteroatoms. The van der Waals surface area contributed by atoms with Gasteiger partial charge in [0.1, 0.15) is 5.01 Å². The van der Waals surface area contributed by atoms with Crippen molar-refractivity contribution in [3.8, 4) is 0 Å². The second-order valence-corrected chi connectivity index (χ2v) is 7.11. The van der Waals surface area contributed by atoms with E-state index < -0.39 is 11.1 Å². The summed E-state index contributed by atoms with van der Waals surface area (Å²) >= 11 is 1.57. The van der Waals surface area contributed by atoms with Gasteiger partial charge in [-0.3, -0.25) is 9.69 Å². The summed E-state index contributed by atoms with van der Waals surface area (Å²) in [4.78, 5) is 19.2.